The predicted octanol–water partition coefficient (Wildman–Crippen LogP) is 0.902. The molecule has 0 amide bonds. The molecule has 9 heteroatoms. The first-order valence-corrected chi connectivity index (χ1v) is 9.55. The van der Waals surface area contributed by atoms with E-state index < -0.39 is 17.6 Å². The fourth-order valence-electron chi connectivity index (χ4n) is 4.41. The normalized spacial score (nSPS) is 32.7. The highest BCUT2D eigenvalue weighted by molar-refractivity contribution is 5.86. The second-order valence-corrected chi connectivity index (χ2v) is 7.84. The summed E-state index contributed by atoms with van der Waals surface area (Å²) < 4.78 is 7.80. The first-order chi connectivity index (χ1) is 13.9. The number of rotatable bonds is 4. The molecule has 3 heterocycles. The van der Waals surface area contributed by atoms with Gasteiger partial charge >= 0.3 is 0 Å². The van der Waals surface area contributed by atoms with Crippen molar-refractivity contribution < 1.29 is 14.9 Å². The lowest BCUT2D eigenvalue weighted by molar-refractivity contribution is -0.0306. The van der Waals surface area contributed by atoms with Crippen molar-refractivity contribution in [1.29, 1.82) is 0 Å². The number of ether oxygens (including phenoxy) is 1. The number of hydrogen-bond acceptors (Lipinski definition) is 8. The van der Waals surface area contributed by atoms with Crippen molar-refractivity contribution >= 4 is 23.1 Å². The summed E-state index contributed by atoms with van der Waals surface area (Å²) in [5.41, 5.74) is 12.4. The van der Waals surface area contributed by atoms with Crippen LogP contribution >= 0.6 is 0 Å². The minimum absolute atomic E-state index is 0.289. The summed E-state index contributed by atoms with van der Waals surface area (Å²) in [7, 11) is 0. The van der Waals surface area contributed by atoms with Crippen LogP contribution in [0.4, 0.5) is 5.82 Å². The van der Waals surface area contributed by atoms with Crippen molar-refractivity contribution in [2.75, 3.05) is 12.3 Å². The Bertz CT molecular complexity index is 999. The van der Waals surface area contributed by atoms with Crippen LogP contribution in [-0.4, -0.2) is 55.9 Å². The third-order valence-electron chi connectivity index (χ3n) is 6.11. The summed E-state index contributed by atoms with van der Waals surface area (Å²) in [5.74, 6) is 0.785. The van der Waals surface area contributed by atoms with Crippen molar-refractivity contribution in [3.8, 4) is 0 Å². The molecule has 4 rings (SSSR count). The fraction of sp³-hybridized carbons (Fsp3) is 0.450. The Morgan fingerprint density at radius 3 is 2.97 bits per heavy atom. The molecule has 154 valence electrons. The number of aliphatic hydroxyl groups excluding tert-OH is 2. The van der Waals surface area contributed by atoms with E-state index in [0.717, 1.165) is 5.39 Å². The largest absolute Gasteiger partial charge is 0.390 e. The molecule has 2 aromatic heterocycles. The van der Waals surface area contributed by atoms with Crippen LogP contribution in [-0.2, 0) is 4.74 Å². The second kappa shape index (κ2) is 7.25. The highest BCUT2D eigenvalue weighted by Gasteiger charge is 2.57. The molecule has 9 nitrogen and oxygen atoms in total. The highest BCUT2D eigenvalue weighted by atomic mass is 16.5. The molecule has 1 spiro atoms. The van der Waals surface area contributed by atoms with E-state index in [0.29, 0.717) is 42.3 Å². The van der Waals surface area contributed by atoms with E-state index >= 15 is 0 Å². The first-order valence-electron chi connectivity index (χ1n) is 9.55. The Hall–Kier alpha value is -2.75. The van der Waals surface area contributed by atoms with E-state index in [2.05, 4.69) is 21.5 Å². The van der Waals surface area contributed by atoms with E-state index in [9.17, 15) is 10.2 Å². The predicted molar refractivity (Wildman–Crippen MR) is 110 cm³/mol. The van der Waals surface area contributed by atoms with Crippen LogP contribution in [0.5, 0.6) is 0 Å². The van der Waals surface area contributed by atoms with Crippen LogP contribution in [0.15, 0.2) is 47.6 Å². The molecular weight excluding hydrogens is 372 g/mol. The van der Waals surface area contributed by atoms with Crippen LogP contribution in [0.25, 0.3) is 11.0 Å². The maximum atomic E-state index is 10.9. The molecule has 2 aliphatic rings. The van der Waals surface area contributed by atoms with Crippen LogP contribution in [0.3, 0.4) is 0 Å². The molecule has 2 aromatic rings. The highest BCUT2D eigenvalue weighted by Crippen LogP contribution is 2.52. The van der Waals surface area contributed by atoms with E-state index in [4.69, 9.17) is 16.2 Å². The fourth-order valence-corrected chi connectivity index (χ4v) is 4.41. The Labute approximate surface area is 168 Å². The Balaban J connectivity index is 1.57. The molecular formula is C20H26N6O3. The van der Waals surface area contributed by atoms with Crippen molar-refractivity contribution in [3.05, 3.63) is 42.6 Å². The monoisotopic (exact) mass is 398 g/mol. The van der Waals surface area contributed by atoms with Crippen molar-refractivity contribution in [3.63, 3.8) is 0 Å². The van der Waals surface area contributed by atoms with Crippen LogP contribution in [0.1, 0.15) is 25.8 Å². The van der Waals surface area contributed by atoms with Gasteiger partial charge < -0.3 is 31.0 Å². The molecule has 1 aliphatic carbocycles. The summed E-state index contributed by atoms with van der Waals surface area (Å²) in [6.45, 7) is 6.15. The van der Waals surface area contributed by atoms with Gasteiger partial charge in [-0.15, -0.1) is 0 Å². The standard InChI is InChI=1S/C20H26N6O3/c1-3-15(21)23-8-11(2)14-7-20(9-29-14)6-13(16(27)17(20)28)26-5-4-12-18(22)24-10-25-19(12)26/h3-5,8,10,13-14,16-17,27-28H,2,6-7,9,21H2,1H3,(H2,22,24,25)/b15-3-,23-8?/t13-,14-,16+,17+,20-/m1/s1. The van der Waals surface area contributed by atoms with Gasteiger partial charge in [-0.3, -0.25) is 0 Å². The van der Waals surface area contributed by atoms with Gasteiger partial charge in [-0.05, 0) is 37.5 Å². The molecule has 5 atom stereocenters. The zero-order chi connectivity index (χ0) is 20.8. The summed E-state index contributed by atoms with van der Waals surface area (Å²) in [6, 6.07) is 1.48. The van der Waals surface area contributed by atoms with Gasteiger partial charge in [0.25, 0.3) is 0 Å². The van der Waals surface area contributed by atoms with Gasteiger partial charge in [0, 0.05) is 17.8 Å². The molecule has 1 saturated heterocycles. The lowest BCUT2D eigenvalue weighted by Gasteiger charge is -2.26. The molecule has 29 heavy (non-hydrogen) atoms. The average Bonchev–Trinajstić information content (AvgIpc) is 3.40. The minimum Gasteiger partial charge on any atom is -0.390 e. The van der Waals surface area contributed by atoms with Crippen LogP contribution < -0.4 is 11.5 Å². The van der Waals surface area contributed by atoms with Crippen molar-refractivity contribution in [1.82, 2.24) is 14.5 Å². The van der Waals surface area contributed by atoms with Gasteiger partial charge in [0.15, 0.2) is 0 Å². The zero-order valence-electron chi connectivity index (χ0n) is 16.3. The molecule has 6 N–H and O–H groups in total. The SMILES string of the molecule is C=C(C=N/C(N)=C\C)[C@H]1C[C@@]2(CO1)C[C@@H](n1ccc3c(N)ncnc31)[C@H](O)[C@@H]2O. The summed E-state index contributed by atoms with van der Waals surface area (Å²) in [6.07, 6.45) is 5.42. The summed E-state index contributed by atoms with van der Waals surface area (Å²) in [5, 5.41) is 22.5. The lowest BCUT2D eigenvalue weighted by atomic mass is 9.80. The third-order valence-corrected chi connectivity index (χ3v) is 6.11. The third kappa shape index (κ3) is 3.21. The zero-order valence-corrected chi connectivity index (χ0v) is 16.3. The number of nitrogens with zero attached hydrogens (tertiary/aromatic N) is 4. The second-order valence-electron chi connectivity index (χ2n) is 7.84. The maximum absolute atomic E-state index is 10.9. The van der Waals surface area contributed by atoms with Gasteiger partial charge in [0.05, 0.1) is 30.2 Å². The first kappa shape index (κ1) is 19.6. The van der Waals surface area contributed by atoms with Gasteiger partial charge in [0.2, 0.25) is 0 Å². The Morgan fingerprint density at radius 1 is 1.41 bits per heavy atom. The molecule has 0 bridgehead atoms. The van der Waals surface area contributed by atoms with Crippen molar-refractivity contribution in [2.24, 2.45) is 16.1 Å². The Morgan fingerprint density at radius 2 is 2.21 bits per heavy atom. The van der Waals surface area contributed by atoms with E-state index in [1.54, 1.807) is 19.2 Å². The number of aromatic nitrogens is 3. The number of nitrogens with two attached hydrogens (primary N) is 2. The number of fused-ring (bicyclic) bond motifs is 1. The van der Waals surface area contributed by atoms with Gasteiger partial charge in [-0.2, -0.15) is 0 Å². The molecule has 0 radical (unpaired) electrons. The number of aliphatic hydroxyl groups is 2. The van der Waals surface area contributed by atoms with Gasteiger partial charge in [-0.1, -0.05) is 6.58 Å². The average molecular weight is 398 g/mol. The number of aliphatic imine (C=N–C) groups is 1. The van der Waals surface area contributed by atoms with Crippen molar-refractivity contribution in [2.45, 2.75) is 44.1 Å². The topological polar surface area (TPSA) is 145 Å². The quantitative estimate of drug-likeness (QED) is 0.560. The molecule has 0 aromatic carbocycles. The number of nitrogen functional groups attached to an aromatic ring is 1. The smallest absolute Gasteiger partial charge is 0.145 e. The van der Waals surface area contributed by atoms with E-state index in [-0.39, 0.29) is 12.1 Å². The van der Waals surface area contributed by atoms with Crippen LogP contribution in [0.2, 0.25) is 0 Å². The molecule has 0 unspecified atom stereocenters. The van der Waals surface area contributed by atoms with Crippen LogP contribution in [0, 0.1) is 5.41 Å². The minimum atomic E-state index is -0.954. The molecule has 1 saturated carbocycles. The van der Waals surface area contributed by atoms with Gasteiger partial charge in [0.1, 0.15) is 29.7 Å². The summed E-state index contributed by atoms with van der Waals surface area (Å²) >= 11 is 0. The maximum Gasteiger partial charge on any atom is 0.145 e. The number of allylic oxidation sites excluding steroid dienone is 1. The Kier molecular flexibility index (Phi) is 4.89. The molecule has 1 aliphatic heterocycles. The molecule has 2 fully saturated rings. The number of anilines is 1. The number of hydrogen-bond donors (Lipinski definition) is 4. The van der Waals surface area contributed by atoms with Gasteiger partial charge in [-0.25, -0.2) is 15.0 Å². The summed E-state index contributed by atoms with van der Waals surface area (Å²) in [4.78, 5) is 12.4. The van der Waals surface area contributed by atoms with E-state index in [1.165, 1.54) is 6.33 Å². The van der Waals surface area contributed by atoms with E-state index in [1.807, 2.05) is 16.8 Å². The lowest BCUT2D eigenvalue weighted by Crippen LogP contribution is -2.37.